The molecule has 1 N–H and O–H groups in total. The molecule has 12 aromatic rings. The minimum absolute atomic E-state index is 0. The number of aliphatic hydroxyl groups is 1. The smallest absolute Gasteiger partial charge is 0.400 e. The van der Waals surface area contributed by atoms with Crippen molar-refractivity contribution >= 4 is 24.3 Å². The monoisotopic (exact) mass is 1300 g/mol. The van der Waals surface area contributed by atoms with Gasteiger partial charge in [-0.1, -0.05) is 121 Å². The zero-order valence-corrected chi connectivity index (χ0v) is 51.5. The van der Waals surface area contributed by atoms with E-state index in [0.29, 0.717) is 0 Å². The molecule has 0 fully saturated rings. The van der Waals surface area contributed by atoms with Crippen molar-refractivity contribution in [3.8, 4) is 79.2 Å². The summed E-state index contributed by atoms with van der Waals surface area (Å²) in [6, 6.07) is 65.1. The van der Waals surface area contributed by atoms with Crippen LogP contribution in [0.2, 0.25) is 0 Å². The number of pyridine rings is 6. The van der Waals surface area contributed by atoms with Crippen molar-refractivity contribution in [1.82, 2.24) is 59.4 Å². The number of benzene rings is 4. The van der Waals surface area contributed by atoms with Gasteiger partial charge >= 0.3 is 27.3 Å². The SMILES string of the molecule is C(=C\c1ccc(-n2cncn2)cc1)/c1ccc(-c2cc(-c3ccccn3)nc(-c3ccccn3)c2)cc1.C(=C\c1ccc(-n2cncn2)cc1)/c1ccc(-c2cc(-c3ccccn3)nc(-c3ccccn3)c2)cc1.CO.[Cd+2].[O-][Cl+3]([O-])([O-])[O-].[O-][Cl+3]([O-])([O-])[O-]. The van der Waals surface area contributed by atoms with E-state index in [2.05, 4.69) is 161 Å². The predicted octanol–water partition coefficient (Wildman–Crippen LogP) is 3.34. The number of nitrogens with zero attached hydrogens (tertiary/aromatic N) is 12. The Morgan fingerprint density at radius 1 is 0.333 bits per heavy atom. The molecule has 0 saturated heterocycles. The first kappa shape index (κ1) is 65.2. The van der Waals surface area contributed by atoms with Crippen LogP contribution >= 0.6 is 0 Å². The zero-order chi connectivity index (χ0) is 60.7. The molecular formula is C63H48CdCl2N12O9. The standard InChI is InChI=1S/2C31H22N6.CH4O.Cd.2ClHO4/c2*1-3-17-33-28(5-1)30-19-26(20-31(36-30)29-6-2-4-18-34-29)25-13-9-23(10-14-25)7-8-24-11-15-27(16-12-24)37-22-32-21-35-37;1-2;;2*2-1(3,4)5/h2*1-22H;2H,1H3;;2*(H,2,3,4,5)/q;;;+2;;/p-2/b2*8-7+;;;;. The Morgan fingerprint density at radius 2 is 0.586 bits per heavy atom. The van der Waals surface area contributed by atoms with Gasteiger partial charge in [0, 0.05) is 31.9 Å². The molecule has 0 amide bonds. The summed E-state index contributed by atoms with van der Waals surface area (Å²) in [4.78, 5) is 35.7. The van der Waals surface area contributed by atoms with Crippen molar-refractivity contribution in [2.45, 2.75) is 0 Å². The summed E-state index contributed by atoms with van der Waals surface area (Å²) in [6.45, 7) is 0. The molecule has 0 atom stereocenters. The van der Waals surface area contributed by atoms with Crippen molar-refractivity contribution < 1.29 is 90.2 Å². The molecule has 0 spiro atoms. The minimum Gasteiger partial charge on any atom is -0.400 e. The van der Waals surface area contributed by atoms with E-state index in [1.165, 1.54) is 12.7 Å². The summed E-state index contributed by atoms with van der Waals surface area (Å²) >= 11 is 0. The third-order valence-corrected chi connectivity index (χ3v) is 11.9. The van der Waals surface area contributed by atoms with Crippen LogP contribution in [0.25, 0.3) is 103 Å². The number of hydrogen-bond donors (Lipinski definition) is 1. The molecular weight excluding hydrogens is 1250 g/mol. The molecule has 12 rings (SSSR count). The number of halogens is 2. The minimum atomic E-state index is -4.94. The average Bonchev–Trinajstić information content (AvgIpc) is 2.52. The van der Waals surface area contributed by atoms with E-state index in [0.717, 1.165) is 109 Å². The topological polar surface area (TPSA) is 343 Å². The molecule has 0 aliphatic heterocycles. The molecule has 21 nitrogen and oxygen atoms in total. The molecule has 0 aliphatic rings. The van der Waals surface area contributed by atoms with E-state index in [1.54, 1.807) is 46.8 Å². The summed E-state index contributed by atoms with van der Waals surface area (Å²) in [7, 11) is -8.89. The molecule has 8 heterocycles. The van der Waals surface area contributed by atoms with Crippen LogP contribution < -0.4 is 37.3 Å². The fourth-order valence-electron chi connectivity index (χ4n) is 8.09. The third kappa shape index (κ3) is 21.0. The van der Waals surface area contributed by atoms with Crippen molar-refractivity contribution in [2.75, 3.05) is 7.11 Å². The molecule has 87 heavy (non-hydrogen) atoms. The molecule has 0 bridgehead atoms. The van der Waals surface area contributed by atoms with Gasteiger partial charge in [0.25, 0.3) is 0 Å². The second-order valence-corrected chi connectivity index (χ2v) is 19.2. The fraction of sp³-hybridized carbons (Fsp3) is 0.0159. The van der Waals surface area contributed by atoms with Crippen LogP contribution in [0.3, 0.4) is 0 Å². The van der Waals surface area contributed by atoms with Gasteiger partial charge in [-0.3, -0.25) is 19.9 Å². The zero-order valence-electron chi connectivity index (χ0n) is 45.9. The first-order chi connectivity index (χ1) is 41.6. The second kappa shape index (κ2) is 32.3. The Morgan fingerprint density at radius 3 is 0.805 bits per heavy atom. The predicted molar refractivity (Wildman–Crippen MR) is 301 cm³/mol. The van der Waals surface area contributed by atoms with E-state index in [1.807, 2.05) is 97.1 Å². The van der Waals surface area contributed by atoms with Crippen molar-refractivity contribution in [3.05, 3.63) is 266 Å². The fourth-order valence-corrected chi connectivity index (χ4v) is 8.09. The molecule has 8 aromatic heterocycles. The third-order valence-electron chi connectivity index (χ3n) is 11.9. The number of aromatic nitrogens is 12. The normalized spacial score (nSPS) is 10.9. The van der Waals surface area contributed by atoms with E-state index in [-0.39, 0.29) is 27.3 Å². The summed E-state index contributed by atoms with van der Waals surface area (Å²) in [6.07, 6.45) is 22.0. The maximum atomic E-state index is 8.49. The van der Waals surface area contributed by atoms with E-state index >= 15 is 0 Å². The Balaban J connectivity index is 0.000000208. The Labute approximate surface area is 523 Å². The van der Waals surface area contributed by atoms with Crippen molar-refractivity contribution in [3.63, 3.8) is 0 Å². The largest absolute Gasteiger partial charge is 2.00 e. The Kier molecular flexibility index (Phi) is 24.2. The van der Waals surface area contributed by atoms with Crippen LogP contribution in [-0.4, -0.2) is 71.6 Å². The summed E-state index contributed by atoms with van der Waals surface area (Å²) < 4.78 is 71.4. The number of rotatable bonds is 12. The van der Waals surface area contributed by atoms with E-state index in [4.69, 9.17) is 52.3 Å². The van der Waals surface area contributed by atoms with Gasteiger partial charge in [-0.2, -0.15) is 10.2 Å². The van der Waals surface area contributed by atoms with Gasteiger partial charge < -0.3 is 5.11 Å². The summed E-state index contributed by atoms with van der Waals surface area (Å²) in [5.74, 6) is 0. The van der Waals surface area contributed by atoms with Gasteiger partial charge in [0.05, 0.1) is 56.9 Å². The Hall–Kier alpha value is -9.32. The van der Waals surface area contributed by atoms with Crippen molar-refractivity contribution in [2.24, 2.45) is 0 Å². The van der Waals surface area contributed by atoms with Crippen LogP contribution in [0.15, 0.2) is 244 Å². The van der Waals surface area contributed by atoms with Gasteiger partial charge in [0.15, 0.2) is 0 Å². The first-order valence-electron chi connectivity index (χ1n) is 25.5. The maximum absolute atomic E-state index is 8.49. The first-order valence-corrected chi connectivity index (χ1v) is 28.0. The van der Waals surface area contributed by atoms with Gasteiger partial charge in [-0.15, -0.1) is 20.5 Å². The van der Waals surface area contributed by atoms with E-state index < -0.39 is 20.5 Å². The van der Waals surface area contributed by atoms with Crippen molar-refractivity contribution in [1.29, 1.82) is 0 Å². The molecule has 0 unspecified atom stereocenters. The van der Waals surface area contributed by atoms with Crippen LogP contribution in [0, 0.1) is 20.5 Å². The molecule has 0 radical (unpaired) electrons. The van der Waals surface area contributed by atoms with Gasteiger partial charge in [0.1, 0.15) is 25.3 Å². The van der Waals surface area contributed by atoms with Crippen LogP contribution in [-0.2, 0) is 27.3 Å². The molecule has 24 heteroatoms. The number of aliphatic hydroxyl groups excluding tert-OH is 1. The Bertz CT molecular complexity index is 3640. The van der Waals surface area contributed by atoms with Gasteiger partial charge in [-0.05, 0) is 142 Å². The molecule has 0 aliphatic carbocycles. The molecule has 4 aromatic carbocycles. The van der Waals surface area contributed by atoms with E-state index in [9.17, 15) is 0 Å². The summed E-state index contributed by atoms with van der Waals surface area (Å²) in [5.41, 5.74) is 17.3. The van der Waals surface area contributed by atoms with Crippen LogP contribution in [0.1, 0.15) is 22.3 Å². The second-order valence-electron chi connectivity index (χ2n) is 17.6. The van der Waals surface area contributed by atoms with Gasteiger partial charge in [0.2, 0.25) is 0 Å². The maximum Gasteiger partial charge on any atom is 2.00 e. The summed E-state index contributed by atoms with van der Waals surface area (Å²) in [5, 5.41) is 15.3. The number of hydrogen-bond acceptors (Lipinski definition) is 19. The average molecular weight is 1300 g/mol. The quantitative estimate of drug-likeness (QED) is 0.135. The molecule has 0 saturated carbocycles. The molecule has 430 valence electrons. The van der Waals surface area contributed by atoms with Crippen LogP contribution in [0.5, 0.6) is 0 Å². The van der Waals surface area contributed by atoms with Crippen LogP contribution in [0.4, 0.5) is 0 Å². The van der Waals surface area contributed by atoms with Gasteiger partial charge in [-0.25, -0.2) is 66.6 Å².